The minimum Gasteiger partial charge on any atom is -0.399 e. The van der Waals surface area contributed by atoms with Crippen LogP contribution in [0, 0.1) is 11.7 Å². The molecule has 0 spiro atoms. The third-order valence-electron chi connectivity index (χ3n) is 2.72. The van der Waals surface area contributed by atoms with Crippen LogP contribution in [0.25, 0.3) is 0 Å². The van der Waals surface area contributed by atoms with E-state index in [9.17, 15) is 17.6 Å². The van der Waals surface area contributed by atoms with Crippen molar-refractivity contribution in [2.75, 3.05) is 25.9 Å². The molecule has 0 aromatic heterocycles. The molecule has 1 aromatic carbocycles. The van der Waals surface area contributed by atoms with Crippen LogP contribution >= 0.6 is 0 Å². The van der Waals surface area contributed by atoms with Crippen molar-refractivity contribution in [1.82, 2.24) is 9.62 Å². The molecule has 0 aliphatic rings. The molecule has 1 rings (SSSR count). The summed E-state index contributed by atoms with van der Waals surface area (Å²) >= 11 is 0. The maximum absolute atomic E-state index is 13.7. The number of sulfonamides is 1. The van der Waals surface area contributed by atoms with Crippen molar-refractivity contribution in [2.45, 2.75) is 18.7 Å². The summed E-state index contributed by atoms with van der Waals surface area (Å²) in [5.41, 5.74) is 5.61. The van der Waals surface area contributed by atoms with Gasteiger partial charge in [-0.05, 0) is 24.1 Å². The summed E-state index contributed by atoms with van der Waals surface area (Å²) in [4.78, 5) is 11.1. The Labute approximate surface area is 124 Å². The molecule has 6 nitrogen and oxygen atoms in total. The van der Waals surface area contributed by atoms with Crippen molar-refractivity contribution in [3.8, 4) is 0 Å². The van der Waals surface area contributed by atoms with Crippen LogP contribution in [0.1, 0.15) is 13.8 Å². The van der Waals surface area contributed by atoms with Gasteiger partial charge in [0.2, 0.25) is 15.9 Å². The number of hydrogen-bond acceptors (Lipinski definition) is 4. The number of benzene rings is 1. The molecule has 0 radical (unpaired) electrons. The monoisotopic (exact) mass is 317 g/mol. The Kier molecular flexibility index (Phi) is 5.68. The van der Waals surface area contributed by atoms with Gasteiger partial charge in [-0.3, -0.25) is 4.79 Å². The van der Waals surface area contributed by atoms with Gasteiger partial charge in [0.15, 0.2) is 0 Å². The van der Waals surface area contributed by atoms with Crippen LogP contribution in [0.4, 0.5) is 10.1 Å². The second-order valence-electron chi connectivity index (χ2n) is 5.15. The molecule has 0 saturated heterocycles. The fourth-order valence-electron chi connectivity index (χ4n) is 1.55. The lowest BCUT2D eigenvalue weighted by molar-refractivity contribution is -0.121. The first-order valence-corrected chi connectivity index (χ1v) is 7.86. The maximum atomic E-state index is 13.7. The SMILES string of the molecule is CC(C)CNC(=O)CN(C)S(=O)(=O)c1cc(N)ccc1F. The van der Waals surface area contributed by atoms with Gasteiger partial charge in [-0.1, -0.05) is 13.8 Å². The number of anilines is 1. The van der Waals surface area contributed by atoms with Gasteiger partial charge in [-0.15, -0.1) is 0 Å². The predicted octanol–water partition coefficient (Wildman–Crippen LogP) is 0.801. The quantitative estimate of drug-likeness (QED) is 0.759. The number of nitrogen functional groups attached to an aromatic ring is 1. The van der Waals surface area contributed by atoms with Crippen molar-refractivity contribution in [3.05, 3.63) is 24.0 Å². The third kappa shape index (κ3) is 4.68. The van der Waals surface area contributed by atoms with Gasteiger partial charge >= 0.3 is 0 Å². The van der Waals surface area contributed by atoms with Crippen LogP contribution in [-0.2, 0) is 14.8 Å². The van der Waals surface area contributed by atoms with E-state index in [-0.39, 0.29) is 18.2 Å². The number of hydrogen-bond donors (Lipinski definition) is 2. The molecule has 118 valence electrons. The zero-order valence-corrected chi connectivity index (χ0v) is 13.1. The van der Waals surface area contributed by atoms with Gasteiger partial charge in [-0.25, -0.2) is 12.8 Å². The highest BCUT2D eigenvalue weighted by Gasteiger charge is 2.26. The van der Waals surface area contributed by atoms with E-state index in [2.05, 4.69) is 5.32 Å². The van der Waals surface area contributed by atoms with Crippen LogP contribution in [0.2, 0.25) is 0 Å². The topological polar surface area (TPSA) is 92.5 Å². The van der Waals surface area contributed by atoms with E-state index < -0.39 is 26.6 Å². The molecule has 3 N–H and O–H groups in total. The minimum atomic E-state index is -4.11. The van der Waals surface area contributed by atoms with E-state index in [1.165, 1.54) is 13.1 Å². The van der Waals surface area contributed by atoms with Crippen molar-refractivity contribution >= 4 is 21.6 Å². The summed E-state index contributed by atoms with van der Waals surface area (Å²) in [6.07, 6.45) is 0. The fourth-order valence-corrected chi connectivity index (χ4v) is 2.77. The van der Waals surface area contributed by atoms with E-state index in [0.717, 1.165) is 16.4 Å². The number of halogens is 1. The number of amides is 1. The second kappa shape index (κ2) is 6.86. The summed E-state index contributed by atoms with van der Waals surface area (Å²) < 4.78 is 38.9. The number of carbonyl (C=O) groups is 1. The van der Waals surface area contributed by atoms with E-state index in [1.807, 2.05) is 13.8 Å². The van der Waals surface area contributed by atoms with Crippen LogP contribution in [0.15, 0.2) is 23.1 Å². The van der Waals surface area contributed by atoms with Crippen LogP contribution < -0.4 is 11.1 Å². The highest BCUT2D eigenvalue weighted by Crippen LogP contribution is 2.20. The number of rotatable bonds is 6. The lowest BCUT2D eigenvalue weighted by Gasteiger charge is -2.18. The van der Waals surface area contributed by atoms with Crippen LogP contribution in [0.5, 0.6) is 0 Å². The number of carbonyl (C=O) groups excluding carboxylic acids is 1. The second-order valence-corrected chi connectivity index (χ2v) is 7.16. The molecule has 8 heteroatoms. The summed E-state index contributed by atoms with van der Waals surface area (Å²) in [6.45, 7) is 3.90. The van der Waals surface area contributed by atoms with Crippen LogP contribution in [0.3, 0.4) is 0 Å². The molecule has 0 bridgehead atoms. The highest BCUT2D eigenvalue weighted by atomic mass is 32.2. The van der Waals surface area contributed by atoms with Crippen molar-refractivity contribution in [1.29, 1.82) is 0 Å². The highest BCUT2D eigenvalue weighted by molar-refractivity contribution is 7.89. The minimum absolute atomic E-state index is 0.132. The smallest absolute Gasteiger partial charge is 0.246 e. The lowest BCUT2D eigenvalue weighted by atomic mass is 10.2. The van der Waals surface area contributed by atoms with Crippen molar-refractivity contribution in [3.63, 3.8) is 0 Å². The Balaban J connectivity index is 2.87. The first-order valence-electron chi connectivity index (χ1n) is 6.42. The summed E-state index contributed by atoms with van der Waals surface area (Å²) in [5, 5.41) is 2.60. The Bertz CT molecular complexity index is 617. The third-order valence-corrected chi connectivity index (χ3v) is 4.54. The average Bonchev–Trinajstić information content (AvgIpc) is 2.39. The maximum Gasteiger partial charge on any atom is 0.246 e. The first-order chi connectivity index (χ1) is 9.64. The largest absolute Gasteiger partial charge is 0.399 e. The molecule has 0 fully saturated rings. The van der Waals surface area contributed by atoms with Gasteiger partial charge in [0.25, 0.3) is 0 Å². The van der Waals surface area contributed by atoms with Gasteiger partial charge in [0, 0.05) is 19.3 Å². The summed E-state index contributed by atoms with van der Waals surface area (Å²) in [5.74, 6) is -1.10. The zero-order chi connectivity index (χ0) is 16.2. The first kappa shape index (κ1) is 17.4. The number of nitrogens with zero attached hydrogens (tertiary/aromatic N) is 1. The molecule has 0 heterocycles. The number of nitrogens with one attached hydrogen (secondary N) is 1. The summed E-state index contributed by atoms with van der Waals surface area (Å²) in [7, 11) is -2.89. The molecule has 21 heavy (non-hydrogen) atoms. The Morgan fingerprint density at radius 1 is 1.43 bits per heavy atom. The van der Waals surface area contributed by atoms with Crippen molar-refractivity contribution in [2.24, 2.45) is 5.92 Å². The fraction of sp³-hybridized carbons (Fsp3) is 0.462. The van der Waals surface area contributed by atoms with E-state index in [0.29, 0.717) is 6.54 Å². The zero-order valence-electron chi connectivity index (χ0n) is 12.3. The molecular formula is C13H20FN3O3S. The van der Waals surface area contributed by atoms with E-state index in [4.69, 9.17) is 5.73 Å². The van der Waals surface area contributed by atoms with E-state index in [1.54, 1.807) is 0 Å². The number of likely N-dealkylation sites (N-methyl/N-ethyl adjacent to an activating group) is 1. The standard InChI is InChI=1S/C13H20FN3O3S/c1-9(2)7-16-13(18)8-17(3)21(19,20)12-6-10(15)4-5-11(12)14/h4-6,9H,7-8,15H2,1-3H3,(H,16,18). The molecule has 0 aliphatic heterocycles. The van der Waals surface area contributed by atoms with Gasteiger partial charge in [-0.2, -0.15) is 4.31 Å². The van der Waals surface area contributed by atoms with Gasteiger partial charge in [0.05, 0.1) is 6.54 Å². The molecule has 0 atom stereocenters. The molecule has 0 saturated carbocycles. The molecule has 0 aliphatic carbocycles. The molecular weight excluding hydrogens is 297 g/mol. The van der Waals surface area contributed by atoms with Gasteiger partial charge in [0.1, 0.15) is 10.7 Å². The normalized spacial score (nSPS) is 11.9. The van der Waals surface area contributed by atoms with E-state index >= 15 is 0 Å². The van der Waals surface area contributed by atoms with Crippen molar-refractivity contribution < 1.29 is 17.6 Å². The Hall–Kier alpha value is -1.67. The van der Waals surface area contributed by atoms with Gasteiger partial charge < -0.3 is 11.1 Å². The Morgan fingerprint density at radius 2 is 2.05 bits per heavy atom. The molecule has 0 unspecified atom stereocenters. The summed E-state index contributed by atoms with van der Waals surface area (Å²) in [6, 6.07) is 3.28. The molecule has 1 amide bonds. The van der Waals surface area contributed by atoms with Crippen LogP contribution in [-0.4, -0.2) is 38.8 Å². The lowest BCUT2D eigenvalue weighted by Crippen LogP contribution is -2.39. The predicted molar refractivity (Wildman–Crippen MR) is 78.5 cm³/mol. The Morgan fingerprint density at radius 3 is 2.62 bits per heavy atom. The molecule has 1 aromatic rings. The average molecular weight is 317 g/mol. The number of nitrogens with two attached hydrogens (primary N) is 1.